The van der Waals surface area contributed by atoms with Crippen LogP contribution in [0, 0.1) is 6.92 Å². The fourth-order valence-electron chi connectivity index (χ4n) is 2.52. The van der Waals surface area contributed by atoms with Gasteiger partial charge < -0.3 is 9.84 Å². The summed E-state index contributed by atoms with van der Waals surface area (Å²) in [6, 6.07) is 22.9. The fraction of sp³-hybridized carbons (Fsp3) is 0.0909. The molecule has 3 rings (SSSR count). The van der Waals surface area contributed by atoms with Crippen molar-refractivity contribution in [2.75, 3.05) is 6.61 Å². The Balaban J connectivity index is 1.50. The molecule has 0 aromatic heterocycles. The second-order valence-electron chi connectivity index (χ2n) is 5.99. The van der Waals surface area contributed by atoms with Crippen LogP contribution in [0.25, 0.3) is 11.1 Å². The minimum absolute atomic E-state index is 0.144. The molecule has 0 saturated carbocycles. The van der Waals surface area contributed by atoms with Crippen LogP contribution in [-0.2, 0) is 4.79 Å². The third-order valence-corrected chi connectivity index (χ3v) is 3.99. The van der Waals surface area contributed by atoms with Crippen LogP contribution in [0.15, 0.2) is 77.9 Å². The van der Waals surface area contributed by atoms with Crippen molar-refractivity contribution >= 4 is 12.1 Å². The van der Waals surface area contributed by atoms with Crippen LogP contribution in [0.5, 0.6) is 11.5 Å². The molecular weight excluding hydrogens is 340 g/mol. The summed E-state index contributed by atoms with van der Waals surface area (Å²) < 4.78 is 5.47. The maximum Gasteiger partial charge on any atom is 0.277 e. The summed E-state index contributed by atoms with van der Waals surface area (Å²) in [5.74, 6) is 0.362. The quantitative estimate of drug-likeness (QED) is 0.517. The van der Waals surface area contributed by atoms with E-state index < -0.39 is 0 Å². The van der Waals surface area contributed by atoms with Crippen LogP contribution < -0.4 is 10.2 Å². The smallest absolute Gasteiger partial charge is 0.277 e. The molecule has 0 unspecified atom stereocenters. The molecule has 3 aromatic rings. The molecule has 3 aromatic carbocycles. The van der Waals surface area contributed by atoms with Gasteiger partial charge in [-0.15, -0.1) is 0 Å². The standard InChI is InChI=1S/C22H20N2O3/c1-16-6-5-9-19(22(16)26)14-23-24-21(25)15-27-20-12-10-18(11-13-20)17-7-3-2-4-8-17/h2-14,26H,15H2,1H3,(H,24,25). The van der Waals surface area contributed by atoms with Crippen molar-refractivity contribution in [2.24, 2.45) is 5.10 Å². The molecule has 5 heteroatoms. The lowest BCUT2D eigenvalue weighted by Crippen LogP contribution is -2.24. The normalized spacial score (nSPS) is 10.7. The van der Waals surface area contributed by atoms with Crippen LogP contribution >= 0.6 is 0 Å². The van der Waals surface area contributed by atoms with Crippen LogP contribution in [0.3, 0.4) is 0 Å². The molecule has 5 nitrogen and oxygen atoms in total. The van der Waals surface area contributed by atoms with E-state index in [1.807, 2.05) is 54.6 Å². The molecular formula is C22H20N2O3. The van der Waals surface area contributed by atoms with Crippen LogP contribution in [0.1, 0.15) is 11.1 Å². The molecule has 0 aliphatic heterocycles. The molecule has 0 spiro atoms. The number of phenolic OH excluding ortho intramolecular Hbond substituents is 1. The molecule has 0 aliphatic carbocycles. The van der Waals surface area contributed by atoms with E-state index in [0.717, 1.165) is 16.7 Å². The van der Waals surface area contributed by atoms with Gasteiger partial charge in [0, 0.05) is 5.56 Å². The number of carbonyl (C=O) groups is 1. The number of hydrogen-bond acceptors (Lipinski definition) is 4. The topological polar surface area (TPSA) is 70.9 Å². The van der Waals surface area contributed by atoms with Gasteiger partial charge in [-0.3, -0.25) is 4.79 Å². The number of hydrazone groups is 1. The Hall–Kier alpha value is -3.60. The number of ether oxygens (including phenoxy) is 1. The molecule has 0 heterocycles. The van der Waals surface area contributed by atoms with E-state index in [0.29, 0.717) is 11.3 Å². The highest BCUT2D eigenvalue weighted by atomic mass is 16.5. The lowest BCUT2D eigenvalue weighted by molar-refractivity contribution is -0.123. The highest BCUT2D eigenvalue weighted by Crippen LogP contribution is 2.22. The molecule has 2 N–H and O–H groups in total. The van der Waals surface area contributed by atoms with Crippen molar-refractivity contribution in [1.82, 2.24) is 5.43 Å². The number of nitrogens with one attached hydrogen (secondary N) is 1. The van der Waals surface area contributed by atoms with Gasteiger partial charge in [0.15, 0.2) is 6.61 Å². The van der Waals surface area contributed by atoms with Crippen LogP contribution in [0.4, 0.5) is 0 Å². The molecule has 1 amide bonds. The Morgan fingerprint density at radius 2 is 1.70 bits per heavy atom. The largest absolute Gasteiger partial charge is 0.507 e. The molecule has 0 bridgehead atoms. The highest BCUT2D eigenvalue weighted by molar-refractivity contribution is 5.85. The summed E-state index contributed by atoms with van der Waals surface area (Å²) >= 11 is 0. The van der Waals surface area contributed by atoms with E-state index >= 15 is 0 Å². The summed E-state index contributed by atoms with van der Waals surface area (Å²) in [5.41, 5.74) is 5.86. The number of benzene rings is 3. The molecule has 136 valence electrons. The van der Waals surface area contributed by atoms with E-state index in [4.69, 9.17) is 4.74 Å². The summed E-state index contributed by atoms with van der Waals surface area (Å²) in [4.78, 5) is 11.8. The number of amides is 1. The Kier molecular flexibility index (Phi) is 5.84. The summed E-state index contributed by atoms with van der Waals surface area (Å²) in [6.45, 7) is 1.64. The molecule has 0 fully saturated rings. The summed E-state index contributed by atoms with van der Waals surface area (Å²) in [7, 11) is 0. The van der Waals surface area contributed by atoms with Gasteiger partial charge in [-0.2, -0.15) is 5.10 Å². The molecule has 0 radical (unpaired) electrons. The monoisotopic (exact) mass is 360 g/mol. The van der Waals surface area contributed by atoms with Gasteiger partial charge in [0.2, 0.25) is 0 Å². The van der Waals surface area contributed by atoms with E-state index in [9.17, 15) is 9.90 Å². The van der Waals surface area contributed by atoms with E-state index in [1.54, 1.807) is 25.1 Å². The van der Waals surface area contributed by atoms with Crippen LogP contribution in [0.2, 0.25) is 0 Å². The molecule has 0 saturated heterocycles. The van der Waals surface area contributed by atoms with E-state index in [2.05, 4.69) is 10.5 Å². The van der Waals surface area contributed by atoms with Gasteiger partial charge in [0.1, 0.15) is 11.5 Å². The van der Waals surface area contributed by atoms with Crippen molar-refractivity contribution in [3.63, 3.8) is 0 Å². The minimum atomic E-state index is -0.384. The first-order chi connectivity index (χ1) is 13.1. The predicted octanol–water partition coefficient (Wildman–Crippen LogP) is 3.90. The van der Waals surface area contributed by atoms with E-state index in [-0.39, 0.29) is 18.3 Å². The van der Waals surface area contributed by atoms with Gasteiger partial charge in [-0.25, -0.2) is 5.43 Å². The van der Waals surface area contributed by atoms with Crippen molar-refractivity contribution in [3.8, 4) is 22.6 Å². The molecule has 0 aliphatic rings. The number of carbonyl (C=O) groups excluding carboxylic acids is 1. The minimum Gasteiger partial charge on any atom is -0.507 e. The number of aryl methyl sites for hydroxylation is 1. The second kappa shape index (κ2) is 8.67. The maximum absolute atomic E-state index is 11.8. The number of para-hydroxylation sites is 1. The van der Waals surface area contributed by atoms with Gasteiger partial charge >= 0.3 is 0 Å². The first-order valence-corrected chi connectivity index (χ1v) is 8.52. The van der Waals surface area contributed by atoms with E-state index in [1.165, 1.54) is 6.21 Å². The van der Waals surface area contributed by atoms with Gasteiger partial charge in [0.25, 0.3) is 5.91 Å². The zero-order chi connectivity index (χ0) is 19.1. The number of nitrogens with zero attached hydrogens (tertiary/aromatic N) is 1. The average molecular weight is 360 g/mol. The first-order valence-electron chi connectivity index (χ1n) is 8.52. The third kappa shape index (κ3) is 4.95. The Morgan fingerprint density at radius 3 is 2.44 bits per heavy atom. The highest BCUT2D eigenvalue weighted by Gasteiger charge is 2.04. The summed E-state index contributed by atoms with van der Waals surface area (Å²) in [5, 5.41) is 13.7. The lowest BCUT2D eigenvalue weighted by Gasteiger charge is -2.07. The van der Waals surface area contributed by atoms with Gasteiger partial charge in [-0.05, 0) is 41.8 Å². The van der Waals surface area contributed by atoms with Crippen molar-refractivity contribution in [3.05, 3.63) is 83.9 Å². The number of aromatic hydroxyl groups is 1. The number of hydrogen-bond donors (Lipinski definition) is 2. The Morgan fingerprint density at radius 1 is 1.00 bits per heavy atom. The predicted molar refractivity (Wildman–Crippen MR) is 106 cm³/mol. The lowest BCUT2D eigenvalue weighted by atomic mass is 10.1. The zero-order valence-electron chi connectivity index (χ0n) is 14.9. The first kappa shape index (κ1) is 18.2. The Bertz CT molecular complexity index is 936. The van der Waals surface area contributed by atoms with Gasteiger partial charge in [0.05, 0.1) is 6.21 Å². The average Bonchev–Trinajstić information content (AvgIpc) is 2.71. The fourth-order valence-corrected chi connectivity index (χ4v) is 2.52. The number of rotatable bonds is 6. The second-order valence-corrected chi connectivity index (χ2v) is 5.99. The van der Waals surface area contributed by atoms with Crippen molar-refractivity contribution < 1.29 is 14.6 Å². The Labute approximate surface area is 157 Å². The third-order valence-electron chi connectivity index (χ3n) is 3.99. The van der Waals surface area contributed by atoms with Crippen LogP contribution in [-0.4, -0.2) is 23.8 Å². The SMILES string of the molecule is Cc1cccc(C=NNC(=O)COc2ccc(-c3ccccc3)cc2)c1O. The maximum atomic E-state index is 11.8. The molecule has 0 atom stereocenters. The van der Waals surface area contributed by atoms with Crippen molar-refractivity contribution in [2.45, 2.75) is 6.92 Å². The summed E-state index contributed by atoms with van der Waals surface area (Å²) in [6.07, 6.45) is 1.40. The zero-order valence-corrected chi connectivity index (χ0v) is 14.9. The van der Waals surface area contributed by atoms with Crippen molar-refractivity contribution in [1.29, 1.82) is 0 Å². The number of phenols is 1. The van der Waals surface area contributed by atoms with Gasteiger partial charge in [-0.1, -0.05) is 54.6 Å². The molecule has 27 heavy (non-hydrogen) atoms.